The molecule has 0 fully saturated rings. The standard InChI is InChI=1S/C13H14FN3/c1-2-16-13(17-15)11-7-8-12(14)10-6-4-3-5-9(10)11/h3-8H,2,15H2,1H3,(H,16,17). The quantitative estimate of drug-likeness (QED) is 0.360. The third kappa shape index (κ3) is 2.12. The first-order chi connectivity index (χ1) is 8.27. The molecule has 0 heterocycles. The van der Waals surface area contributed by atoms with E-state index in [1.807, 2.05) is 25.1 Å². The van der Waals surface area contributed by atoms with Crippen molar-refractivity contribution in [3.8, 4) is 0 Å². The molecule has 0 amide bonds. The highest BCUT2D eigenvalue weighted by Crippen LogP contribution is 2.21. The lowest BCUT2D eigenvalue weighted by atomic mass is 10.0. The van der Waals surface area contributed by atoms with Crippen molar-refractivity contribution in [3.05, 3.63) is 47.8 Å². The molecule has 2 aromatic carbocycles. The second kappa shape index (κ2) is 4.93. The Morgan fingerprint density at radius 1 is 1.24 bits per heavy atom. The molecule has 0 saturated carbocycles. The summed E-state index contributed by atoms with van der Waals surface area (Å²) in [6, 6.07) is 10.4. The highest BCUT2D eigenvalue weighted by Gasteiger charge is 2.09. The van der Waals surface area contributed by atoms with Crippen molar-refractivity contribution in [1.29, 1.82) is 0 Å². The molecular weight excluding hydrogens is 217 g/mol. The zero-order chi connectivity index (χ0) is 12.3. The number of hydrazine groups is 1. The molecule has 0 aliphatic heterocycles. The molecule has 3 N–H and O–H groups in total. The highest BCUT2D eigenvalue weighted by atomic mass is 19.1. The van der Waals surface area contributed by atoms with E-state index in [2.05, 4.69) is 10.4 Å². The van der Waals surface area contributed by atoms with E-state index in [-0.39, 0.29) is 5.82 Å². The number of fused-ring (bicyclic) bond motifs is 1. The maximum Gasteiger partial charge on any atom is 0.143 e. The van der Waals surface area contributed by atoms with E-state index in [1.54, 1.807) is 12.1 Å². The Labute approximate surface area is 99.1 Å². The van der Waals surface area contributed by atoms with E-state index < -0.39 is 0 Å². The first kappa shape index (κ1) is 11.5. The average Bonchev–Trinajstić information content (AvgIpc) is 2.37. The fraction of sp³-hybridized carbons (Fsp3) is 0.154. The van der Waals surface area contributed by atoms with Gasteiger partial charge in [0.15, 0.2) is 0 Å². The van der Waals surface area contributed by atoms with Crippen LogP contribution in [-0.2, 0) is 0 Å². The van der Waals surface area contributed by atoms with Gasteiger partial charge in [0.25, 0.3) is 0 Å². The summed E-state index contributed by atoms with van der Waals surface area (Å²) in [4.78, 5) is 4.25. The van der Waals surface area contributed by atoms with Crippen LogP contribution in [0.25, 0.3) is 10.8 Å². The van der Waals surface area contributed by atoms with E-state index in [0.29, 0.717) is 17.8 Å². The molecule has 0 radical (unpaired) electrons. The summed E-state index contributed by atoms with van der Waals surface area (Å²) in [7, 11) is 0. The van der Waals surface area contributed by atoms with Crippen molar-refractivity contribution in [3.63, 3.8) is 0 Å². The van der Waals surface area contributed by atoms with Gasteiger partial charge in [-0.15, -0.1) is 0 Å². The normalized spacial score (nSPS) is 11.8. The summed E-state index contributed by atoms with van der Waals surface area (Å²) < 4.78 is 13.6. The third-order valence-corrected chi connectivity index (χ3v) is 2.58. The van der Waals surface area contributed by atoms with Crippen LogP contribution >= 0.6 is 0 Å². The van der Waals surface area contributed by atoms with Crippen LogP contribution in [0.5, 0.6) is 0 Å². The number of nitrogens with zero attached hydrogens (tertiary/aromatic N) is 1. The van der Waals surface area contributed by atoms with Crippen LogP contribution in [0, 0.1) is 5.82 Å². The fourth-order valence-electron chi connectivity index (χ4n) is 1.84. The Morgan fingerprint density at radius 3 is 2.59 bits per heavy atom. The van der Waals surface area contributed by atoms with Crippen LogP contribution in [0.2, 0.25) is 0 Å². The summed E-state index contributed by atoms with van der Waals surface area (Å²) >= 11 is 0. The molecule has 17 heavy (non-hydrogen) atoms. The van der Waals surface area contributed by atoms with Crippen molar-refractivity contribution in [2.24, 2.45) is 10.8 Å². The Hall–Kier alpha value is -1.94. The molecular formula is C13H14FN3. The Bertz CT molecular complexity index is 564. The second-order valence-electron chi connectivity index (χ2n) is 3.61. The highest BCUT2D eigenvalue weighted by molar-refractivity contribution is 6.09. The van der Waals surface area contributed by atoms with Gasteiger partial charge in [-0.3, -0.25) is 4.99 Å². The number of nitrogens with one attached hydrogen (secondary N) is 1. The first-order valence-corrected chi connectivity index (χ1v) is 5.46. The molecule has 0 aromatic heterocycles. The van der Waals surface area contributed by atoms with E-state index in [1.165, 1.54) is 6.07 Å². The predicted molar refractivity (Wildman–Crippen MR) is 68.3 cm³/mol. The van der Waals surface area contributed by atoms with Crippen molar-refractivity contribution in [1.82, 2.24) is 5.43 Å². The minimum atomic E-state index is -0.239. The van der Waals surface area contributed by atoms with Crippen LogP contribution in [-0.4, -0.2) is 12.4 Å². The van der Waals surface area contributed by atoms with Crippen LogP contribution in [0.1, 0.15) is 12.5 Å². The van der Waals surface area contributed by atoms with Crippen molar-refractivity contribution >= 4 is 16.6 Å². The average molecular weight is 231 g/mol. The number of benzene rings is 2. The minimum Gasteiger partial charge on any atom is -0.308 e. The lowest BCUT2D eigenvalue weighted by Crippen LogP contribution is -2.31. The molecule has 0 bridgehead atoms. The van der Waals surface area contributed by atoms with E-state index in [0.717, 1.165) is 10.9 Å². The van der Waals surface area contributed by atoms with Gasteiger partial charge in [-0.25, -0.2) is 10.2 Å². The fourth-order valence-corrected chi connectivity index (χ4v) is 1.84. The zero-order valence-corrected chi connectivity index (χ0v) is 9.57. The number of hydrogen-bond acceptors (Lipinski definition) is 2. The van der Waals surface area contributed by atoms with E-state index in [4.69, 9.17) is 5.84 Å². The van der Waals surface area contributed by atoms with Gasteiger partial charge in [0.1, 0.15) is 11.7 Å². The van der Waals surface area contributed by atoms with Gasteiger partial charge >= 0.3 is 0 Å². The van der Waals surface area contributed by atoms with Crippen molar-refractivity contribution < 1.29 is 4.39 Å². The molecule has 0 spiro atoms. The number of rotatable bonds is 2. The Kier molecular flexibility index (Phi) is 3.35. The molecule has 0 aliphatic rings. The van der Waals surface area contributed by atoms with Gasteiger partial charge < -0.3 is 5.43 Å². The smallest absolute Gasteiger partial charge is 0.143 e. The molecule has 2 aromatic rings. The summed E-state index contributed by atoms with van der Waals surface area (Å²) in [6.45, 7) is 2.54. The number of nitrogens with two attached hydrogens (primary N) is 1. The maximum atomic E-state index is 13.6. The Balaban J connectivity index is 2.70. The van der Waals surface area contributed by atoms with Gasteiger partial charge in [0.05, 0.1) is 0 Å². The van der Waals surface area contributed by atoms with Crippen LogP contribution in [0.15, 0.2) is 41.4 Å². The van der Waals surface area contributed by atoms with Crippen LogP contribution in [0.3, 0.4) is 0 Å². The van der Waals surface area contributed by atoms with Crippen LogP contribution in [0.4, 0.5) is 4.39 Å². The largest absolute Gasteiger partial charge is 0.308 e. The summed E-state index contributed by atoms with van der Waals surface area (Å²) in [5.74, 6) is 5.78. The molecule has 4 heteroatoms. The van der Waals surface area contributed by atoms with Gasteiger partial charge in [-0.05, 0) is 24.4 Å². The van der Waals surface area contributed by atoms with Crippen LogP contribution < -0.4 is 11.3 Å². The summed E-state index contributed by atoms with van der Waals surface area (Å²) in [5.41, 5.74) is 3.37. The molecule has 88 valence electrons. The predicted octanol–water partition coefficient (Wildman–Crippen LogP) is 2.21. The summed E-state index contributed by atoms with van der Waals surface area (Å²) in [6.07, 6.45) is 0. The lowest BCUT2D eigenvalue weighted by molar-refractivity contribution is 0.640. The molecule has 2 rings (SSSR count). The van der Waals surface area contributed by atoms with Gasteiger partial charge in [-0.1, -0.05) is 24.3 Å². The molecule has 3 nitrogen and oxygen atoms in total. The molecule has 0 unspecified atom stereocenters. The minimum absolute atomic E-state index is 0.239. The van der Waals surface area contributed by atoms with Gasteiger partial charge in [-0.2, -0.15) is 0 Å². The SMILES string of the molecule is CCN=C(NN)c1ccc(F)c2ccccc12. The molecule has 0 aliphatic carbocycles. The molecule has 0 atom stereocenters. The number of aliphatic imine (C=N–C) groups is 1. The van der Waals surface area contributed by atoms with E-state index >= 15 is 0 Å². The lowest BCUT2D eigenvalue weighted by Gasteiger charge is -2.09. The Morgan fingerprint density at radius 2 is 1.94 bits per heavy atom. The monoisotopic (exact) mass is 231 g/mol. The van der Waals surface area contributed by atoms with Gasteiger partial charge in [0, 0.05) is 17.5 Å². The first-order valence-electron chi connectivity index (χ1n) is 5.46. The second-order valence-corrected chi connectivity index (χ2v) is 3.61. The summed E-state index contributed by atoms with van der Waals surface area (Å²) in [5, 5.41) is 1.38. The number of halogens is 1. The molecule has 0 saturated heterocycles. The zero-order valence-electron chi connectivity index (χ0n) is 9.57. The topological polar surface area (TPSA) is 50.4 Å². The van der Waals surface area contributed by atoms with Crippen molar-refractivity contribution in [2.75, 3.05) is 6.54 Å². The van der Waals surface area contributed by atoms with Gasteiger partial charge in [0.2, 0.25) is 0 Å². The number of amidine groups is 1. The maximum absolute atomic E-state index is 13.6. The van der Waals surface area contributed by atoms with Crippen molar-refractivity contribution in [2.45, 2.75) is 6.92 Å². The third-order valence-electron chi connectivity index (χ3n) is 2.58. The van der Waals surface area contributed by atoms with E-state index in [9.17, 15) is 4.39 Å². The number of hydrogen-bond donors (Lipinski definition) is 2.